The lowest BCUT2D eigenvalue weighted by Gasteiger charge is -2.36. The molecular formula is C13H16ClN5O. The van der Waals surface area contributed by atoms with Gasteiger partial charge in [0, 0.05) is 5.69 Å². The molecule has 20 heavy (non-hydrogen) atoms. The molecule has 0 bridgehead atoms. The number of hydrogen-bond acceptors (Lipinski definition) is 4. The number of carbonyl (C=O) groups is 1. The highest BCUT2D eigenvalue weighted by atomic mass is 35.5. The normalized spacial score (nSPS) is 15.8. The van der Waals surface area contributed by atoms with E-state index in [0.717, 1.165) is 30.6 Å². The van der Waals surface area contributed by atoms with Gasteiger partial charge in [-0.2, -0.15) is 15.0 Å². The summed E-state index contributed by atoms with van der Waals surface area (Å²) in [6.07, 6.45) is 5.77. The van der Waals surface area contributed by atoms with Crippen molar-refractivity contribution in [3.63, 3.8) is 0 Å². The molecule has 1 saturated carbocycles. The number of nitrogens with two attached hydrogens (primary N) is 1. The van der Waals surface area contributed by atoms with Crippen LogP contribution in [-0.2, 0) is 4.79 Å². The van der Waals surface area contributed by atoms with E-state index in [4.69, 9.17) is 5.73 Å². The summed E-state index contributed by atoms with van der Waals surface area (Å²) in [7, 11) is 0. The molecule has 1 fully saturated rings. The predicted molar refractivity (Wildman–Crippen MR) is 78.0 cm³/mol. The lowest BCUT2D eigenvalue weighted by Crippen LogP contribution is -2.56. The summed E-state index contributed by atoms with van der Waals surface area (Å²) < 4.78 is 0. The number of aromatic nitrogens is 3. The van der Waals surface area contributed by atoms with Gasteiger partial charge in [0.25, 0.3) is 0 Å². The highest BCUT2D eigenvalue weighted by molar-refractivity contribution is 5.98. The van der Waals surface area contributed by atoms with Gasteiger partial charge in [-0.25, -0.2) is 0 Å². The van der Waals surface area contributed by atoms with Crippen molar-refractivity contribution in [2.75, 3.05) is 5.32 Å². The van der Waals surface area contributed by atoms with Crippen LogP contribution in [0.2, 0.25) is 0 Å². The van der Waals surface area contributed by atoms with Crippen LogP contribution in [0.4, 0.5) is 5.69 Å². The van der Waals surface area contributed by atoms with Gasteiger partial charge in [-0.15, -0.1) is 12.4 Å². The van der Waals surface area contributed by atoms with Gasteiger partial charge < -0.3 is 11.1 Å². The van der Waals surface area contributed by atoms with Gasteiger partial charge in [-0.3, -0.25) is 4.79 Å². The molecule has 0 aliphatic heterocycles. The lowest BCUT2D eigenvalue weighted by molar-refractivity contribution is -0.123. The van der Waals surface area contributed by atoms with E-state index in [1.807, 2.05) is 24.3 Å². The van der Waals surface area contributed by atoms with Gasteiger partial charge in [0.1, 0.15) is 0 Å². The Morgan fingerprint density at radius 1 is 1.20 bits per heavy atom. The molecule has 0 radical (unpaired) electrons. The third-order valence-corrected chi connectivity index (χ3v) is 3.47. The number of halogens is 1. The topological polar surface area (TPSA) is 85.8 Å². The fourth-order valence-electron chi connectivity index (χ4n) is 2.07. The highest BCUT2D eigenvalue weighted by Crippen LogP contribution is 2.30. The van der Waals surface area contributed by atoms with E-state index in [2.05, 4.69) is 15.5 Å². The molecule has 1 aliphatic carbocycles. The van der Waals surface area contributed by atoms with Gasteiger partial charge in [0.05, 0.1) is 23.6 Å². The Kier molecular flexibility index (Phi) is 4.06. The van der Waals surface area contributed by atoms with Crippen LogP contribution in [0.25, 0.3) is 5.69 Å². The number of hydrogen-bond donors (Lipinski definition) is 2. The molecule has 0 spiro atoms. The first-order valence-electron chi connectivity index (χ1n) is 6.24. The number of carbonyl (C=O) groups excluding carboxylic acids is 1. The van der Waals surface area contributed by atoms with Crippen LogP contribution in [-0.4, -0.2) is 26.4 Å². The van der Waals surface area contributed by atoms with Gasteiger partial charge in [0.15, 0.2) is 0 Å². The molecule has 106 valence electrons. The quantitative estimate of drug-likeness (QED) is 0.898. The lowest BCUT2D eigenvalue weighted by atomic mass is 9.77. The third kappa shape index (κ3) is 2.66. The molecular weight excluding hydrogens is 278 g/mol. The standard InChI is InChI=1S/C13H15N5O.ClH/c14-13(6-1-7-13)12(19)17-10-2-4-11(5-3-10)18-15-8-9-16-18;/h2-5,8-9H,1,6-7,14H2,(H,17,19);1H. The number of amides is 1. The maximum Gasteiger partial charge on any atom is 0.244 e. The van der Waals surface area contributed by atoms with Crippen LogP contribution in [0.15, 0.2) is 36.7 Å². The minimum absolute atomic E-state index is 0. The van der Waals surface area contributed by atoms with Gasteiger partial charge in [0.2, 0.25) is 5.91 Å². The summed E-state index contributed by atoms with van der Waals surface area (Å²) in [5.41, 5.74) is 6.86. The average molecular weight is 294 g/mol. The van der Waals surface area contributed by atoms with Gasteiger partial charge in [-0.1, -0.05) is 0 Å². The Labute approximate surface area is 122 Å². The van der Waals surface area contributed by atoms with Crippen LogP contribution in [0.5, 0.6) is 0 Å². The second-order valence-corrected chi connectivity index (χ2v) is 4.83. The smallest absolute Gasteiger partial charge is 0.244 e. The zero-order valence-electron chi connectivity index (χ0n) is 10.8. The molecule has 0 atom stereocenters. The number of nitrogens with one attached hydrogen (secondary N) is 1. The molecule has 0 unspecified atom stereocenters. The molecule has 0 saturated heterocycles. The molecule has 1 amide bonds. The highest BCUT2D eigenvalue weighted by Gasteiger charge is 2.40. The summed E-state index contributed by atoms with van der Waals surface area (Å²) in [5, 5.41) is 10.9. The summed E-state index contributed by atoms with van der Waals surface area (Å²) in [4.78, 5) is 13.5. The Morgan fingerprint density at radius 2 is 1.80 bits per heavy atom. The number of rotatable bonds is 3. The van der Waals surface area contributed by atoms with Crippen molar-refractivity contribution >= 4 is 24.0 Å². The van der Waals surface area contributed by atoms with E-state index >= 15 is 0 Å². The van der Waals surface area contributed by atoms with Crippen LogP contribution in [0.3, 0.4) is 0 Å². The second-order valence-electron chi connectivity index (χ2n) is 4.83. The van der Waals surface area contributed by atoms with E-state index in [1.165, 1.54) is 4.80 Å². The molecule has 7 heteroatoms. The van der Waals surface area contributed by atoms with Crippen molar-refractivity contribution in [3.05, 3.63) is 36.7 Å². The first kappa shape index (κ1) is 14.5. The molecule has 2 aromatic rings. The summed E-state index contributed by atoms with van der Waals surface area (Å²) in [6, 6.07) is 7.33. The van der Waals surface area contributed by atoms with Crippen LogP contribution in [0, 0.1) is 0 Å². The Hall–Kier alpha value is -1.92. The van der Waals surface area contributed by atoms with Crippen molar-refractivity contribution < 1.29 is 4.79 Å². The van der Waals surface area contributed by atoms with Gasteiger partial charge in [-0.05, 0) is 43.5 Å². The van der Waals surface area contributed by atoms with Crippen LogP contribution < -0.4 is 11.1 Å². The van der Waals surface area contributed by atoms with Crippen molar-refractivity contribution in [1.29, 1.82) is 0 Å². The van der Waals surface area contributed by atoms with Gasteiger partial charge >= 0.3 is 0 Å². The van der Waals surface area contributed by atoms with E-state index in [-0.39, 0.29) is 18.3 Å². The van der Waals surface area contributed by atoms with E-state index in [0.29, 0.717) is 0 Å². The monoisotopic (exact) mass is 293 g/mol. The number of nitrogens with zero attached hydrogens (tertiary/aromatic N) is 3. The summed E-state index contributed by atoms with van der Waals surface area (Å²) in [6.45, 7) is 0. The number of benzene rings is 1. The first-order chi connectivity index (χ1) is 9.17. The molecule has 1 aromatic heterocycles. The molecule has 1 aromatic carbocycles. The van der Waals surface area contributed by atoms with E-state index in [9.17, 15) is 4.79 Å². The minimum atomic E-state index is -0.678. The minimum Gasteiger partial charge on any atom is -0.324 e. The maximum atomic E-state index is 12.0. The Balaban J connectivity index is 0.00000147. The Bertz CT molecular complexity index is 577. The molecule has 6 nitrogen and oxygen atoms in total. The molecule has 3 rings (SSSR count). The molecule has 1 heterocycles. The summed E-state index contributed by atoms with van der Waals surface area (Å²) >= 11 is 0. The first-order valence-corrected chi connectivity index (χ1v) is 6.24. The van der Waals surface area contributed by atoms with Crippen molar-refractivity contribution in [1.82, 2.24) is 15.0 Å². The Morgan fingerprint density at radius 3 is 2.30 bits per heavy atom. The number of anilines is 1. The van der Waals surface area contributed by atoms with Crippen LogP contribution in [0.1, 0.15) is 19.3 Å². The fraction of sp³-hybridized carbons (Fsp3) is 0.308. The predicted octanol–water partition coefficient (Wildman–Crippen LogP) is 1.51. The SMILES string of the molecule is Cl.NC1(C(=O)Nc2ccc(-n3nccn3)cc2)CCC1. The van der Waals surface area contributed by atoms with E-state index in [1.54, 1.807) is 12.4 Å². The van der Waals surface area contributed by atoms with Crippen molar-refractivity contribution in [2.45, 2.75) is 24.8 Å². The zero-order valence-corrected chi connectivity index (χ0v) is 11.6. The van der Waals surface area contributed by atoms with E-state index < -0.39 is 5.54 Å². The fourth-order valence-corrected chi connectivity index (χ4v) is 2.07. The van der Waals surface area contributed by atoms with Crippen molar-refractivity contribution in [2.24, 2.45) is 5.73 Å². The third-order valence-electron chi connectivity index (χ3n) is 3.47. The maximum absolute atomic E-state index is 12.0. The summed E-state index contributed by atoms with van der Waals surface area (Å²) in [5.74, 6) is -0.108. The van der Waals surface area contributed by atoms with Crippen LogP contribution >= 0.6 is 12.4 Å². The van der Waals surface area contributed by atoms with Crippen molar-refractivity contribution in [3.8, 4) is 5.69 Å². The largest absolute Gasteiger partial charge is 0.324 e. The average Bonchev–Trinajstić information content (AvgIpc) is 2.90. The molecule has 3 N–H and O–H groups in total. The second kappa shape index (κ2) is 5.60. The zero-order chi connectivity index (χ0) is 13.3. The molecule has 1 aliphatic rings.